The Labute approximate surface area is 64.7 Å². The first-order chi connectivity index (χ1) is 5.65. The number of aromatic nitrogens is 3. The number of carbonyl (C=O) groups is 1. The highest BCUT2D eigenvalue weighted by molar-refractivity contribution is 5.48. The summed E-state index contributed by atoms with van der Waals surface area (Å²) in [4.78, 5) is 45.6. The first kappa shape index (κ1) is 8.18. The molecule has 0 atom stereocenters. The Bertz CT molecular complexity index is 416. The zero-order valence-corrected chi connectivity index (χ0v) is 5.86. The molecular formula is C5H5N3O4. The third kappa shape index (κ3) is 1.39. The van der Waals surface area contributed by atoms with Crippen LogP contribution in [0.15, 0.2) is 14.4 Å². The molecule has 0 aromatic carbocycles. The fraction of sp³-hybridized carbons (Fsp3) is 0.200. The maximum atomic E-state index is 10.8. The Morgan fingerprint density at radius 3 is 2.08 bits per heavy atom. The van der Waals surface area contributed by atoms with E-state index in [2.05, 4.69) is 0 Å². The molecule has 0 amide bonds. The van der Waals surface area contributed by atoms with Crippen LogP contribution < -0.4 is 17.1 Å². The number of nitrogens with one attached hydrogen (secondary N) is 2. The summed E-state index contributed by atoms with van der Waals surface area (Å²) in [6, 6.07) is 0. The van der Waals surface area contributed by atoms with Crippen LogP contribution in [-0.2, 0) is 11.3 Å². The van der Waals surface area contributed by atoms with Gasteiger partial charge in [0, 0.05) is 0 Å². The second kappa shape index (κ2) is 2.99. The third-order valence-corrected chi connectivity index (χ3v) is 1.19. The number of carbonyl (C=O) groups excluding carboxylic acids is 1. The lowest BCUT2D eigenvalue weighted by Gasteiger charge is -1.94. The molecule has 2 N–H and O–H groups in total. The molecule has 1 rings (SSSR count). The fourth-order valence-electron chi connectivity index (χ4n) is 0.693. The van der Waals surface area contributed by atoms with E-state index in [0.717, 1.165) is 0 Å². The largest absolute Gasteiger partial charge is 0.334 e. The molecule has 1 aromatic rings. The molecule has 12 heavy (non-hydrogen) atoms. The lowest BCUT2D eigenvalue weighted by atomic mass is 10.7. The van der Waals surface area contributed by atoms with E-state index >= 15 is 0 Å². The first-order valence-electron chi connectivity index (χ1n) is 3.02. The average molecular weight is 171 g/mol. The summed E-state index contributed by atoms with van der Waals surface area (Å²) in [5.41, 5.74) is -2.67. The standard InChI is InChI=1S/C5H5N3O4/c9-2-1-8-4(11)6-3(10)7-5(8)12/h2H,1H2,(H2,6,7,10,11,12). The minimum Gasteiger partial charge on any atom is -0.301 e. The summed E-state index contributed by atoms with van der Waals surface area (Å²) in [5.74, 6) is 0. The maximum absolute atomic E-state index is 10.8. The fourth-order valence-corrected chi connectivity index (χ4v) is 0.693. The summed E-state index contributed by atoms with van der Waals surface area (Å²) < 4.78 is 0.578. The van der Waals surface area contributed by atoms with Crippen molar-refractivity contribution >= 4 is 6.29 Å². The predicted molar refractivity (Wildman–Crippen MR) is 38.0 cm³/mol. The van der Waals surface area contributed by atoms with Crippen molar-refractivity contribution in [3.63, 3.8) is 0 Å². The van der Waals surface area contributed by atoms with Gasteiger partial charge in [-0.15, -0.1) is 0 Å². The summed E-state index contributed by atoms with van der Waals surface area (Å²) in [6.07, 6.45) is 0.384. The second-order valence-electron chi connectivity index (χ2n) is 1.97. The molecule has 0 radical (unpaired) electrons. The van der Waals surface area contributed by atoms with Gasteiger partial charge in [-0.25, -0.2) is 19.0 Å². The Kier molecular flexibility index (Phi) is 2.04. The average Bonchev–Trinajstić information content (AvgIpc) is 1.96. The van der Waals surface area contributed by atoms with Crippen molar-refractivity contribution in [1.29, 1.82) is 0 Å². The molecule has 7 heteroatoms. The van der Waals surface area contributed by atoms with Crippen molar-refractivity contribution in [3.8, 4) is 0 Å². The van der Waals surface area contributed by atoms with Gasteiger partial charge in [-0.1, -0.05) is 0 Å². The van der Waals surface area contributed by atoms with E-state index in [4.69, 9.17) is 0 Å². The van der Waals surface area contributed by atoms with Crippen LogP contribution >= 0.6 is 0 Å². The maximum Gasteiger partial charge on any atom is 0.334 e. The molecule has 0 aliphatic carbocycles. The normalized spacial score (nSPS) is 9.67. The van der Waals surface area contributed by atoms with Crippen LogP contribution in [0, 0.1) is 0 Å². The van der Waals surface area contributed by atoms with E-state index in [1.165, 1.54) is 0 Å². The van der Waals surface area contributed by atoms with Gasteiger partial charge in [-0.05, 0) is 0 Å². The number of aromatic amines is 2. The Hall–Kier alpha value is -1.92. The van der Waals surface area contributed by atoms with Crippen LogP contribution in [0.4, 0.5) is 0 Å². The van der Waals surface area contributed by atoms with E-state index in [1.807, 2.05) is 0 Å². The predicted octanol–water partition coefficient (Wildman–Crippen LogP) is -2.58. The SMILES string of the molecule is O=CCn1c(=O)[nH]c(=O)[nH]c1=O. The number of H-pyrrole nitrogens is 2. The minimum absolute atomic E-state index is 0.370. The van der Waals surface area contributed by atoms with Gasteiger partial charge in [0.2, 0.25) is 0 Å². The van der Waals surface area contributed by atoms with Crippen LogP contribution in [0.25, 0.3) is 0 Å². The molecule has 0 aliphatic rings. The van der Waals surface area contributed by atoms with Gasteiger partial charge in [0.05, 0.1) is 6.54 Å². The number of hydrogen-bond acceptors (Lipinski definition) is 4. The number of aldehydes is 1. The van der Waals surface area contributed by atoms with Gasteiger partial charge in [-0.2, -0.15) is 0 Å². The first-order valence-corrected chi connectivity index (χ1v) is 3.02. The summed E-state index contributed by atoms with van der Waals surface area (Å²) >= 11 is 0. The lowest BCUT2D eigenvalue weighted by Crippen LogP contribution is -2.43. The summed E-state index contributed by atoms with van der Waals surface area (Å²) in [7, 11) is 0. The smallest absolute Gasteiger partial charge is 0.301 e. The molecule has 1 aromatic heterocycles. The van der Waals surface area contributed by atoms with Crippen LogP contribution in [-0.4, -0.2) is 20.8 Å². The Balaban J connectivity index is 3.49. The van der Waals surface area contributed by atoms with Crippen molar-refractivity contribution in [2.45, 2.75) is 6.54 Å². The van der Waals surface area contributed by atoms with E-state index in [-0.39, 0.29) is 6.54 Å². The van der Waals surface area contributed by atoms with Crippen molar-refractivity contribution in [3.05, 3.63) is 31.5 Å². The van der Waals surface area contributed by atoms with Crippen LogP contribution in [0.3, 0.4) is 0 Å². The molecule has 0 spiro atoms. The van der Waals surface area contributed by atoms with E-state index in [9.17, 15) is 19.2 Å². The summed E-state index contributed by atoms with van der Waals surface area (Å²) in [5, 5.41) is 0. The molecule has 0 fully saturated rings. The topological polar surface area (TPSA) is 105 Å². The van der Waals surface area contributed by atoms with Crippen LogP contribution in [0.2, 0.25) is 0 Å². The Morgan fingerprint density at radius 2 is 1.67 bits per heavy atom. The van der Waals surface area contributed by atoms with E-state index in [0.29, 0.717) is 10.9 Å². The molecule has 1 heterocycles. The van der Waals surface area contributed by atoms with Crippen LogP contribution in [0.1, 0.15) is 0 Å². The van der Waals surface area contributed by atoms with Gasteiger partial charge in [-0.3, -0.25) is 9.97 Å². The van der Waals surface area contributed by atoms with Crippen molar-refractivity contribution in [2.24, 2.45) is 0 Å². The minimum atomic E-state index is -0.893. The highest BCUT2D eigenvalue weighted by Gasteiger charge is 1.99. The van der Waals surface area contributed by atoms with Crippen molar-refractivity contribution in [1.82, 2.24) is 14.5 Å². The molecule has 0 saturated carbocycles. The number of hydrogen-bond donors (Lipinski definition) is 2. The monoisotopic (exact) mass is 171 g/mol. The zero-order valence-electron chi connectivity index (χ0n) is 5.86. The lowest BCUT2D eigenvalue weighted by molar-refractivity contribution is -0.108. The van der Waals surface area contributed by atoms with E-state index in [1.54, 1.807) is 9.97 Å². The molecule has 0 bridgehead atoms. The molecule has 0 unspecified atom stereocenters. The third-order valence-electron chi connectivity index (χ3n) is 1.19. The number of nitrogens with zero attached hydrogens (tertiary/aromatic N) is 1. The quantitative estimate of drug-likeness (QED) is 0.477. The number of rotatable bonds is 2. The zero-order chi connectivity index (χ0) is 9.14. The molecule has 0 aliphatic heterocycles. The molecular weight excluding hydrogens is 166 g/mol. The molecule has 7 nitrogen and oxygen atoms in total. The van der Waals surface area contributed by atoms with Crippen molar-refractivity contribution in [2.75, 3.05) is 0 Å². The highest BCUT2D eigenvalue weighted by atomic mass is 16.2. The van der Waals surface area contributed by atoms with Gasteiger partial charge in [0.15, 0.2) is 0 Å². The van der Waals surface area contributed by atoms with Crippen molar-refractivity contribution < 1.29 is 4.79 Å². The second-order valence-corrected chi connectivity index (χ2v) is 1.97. The molecule has 0 saturated heterocycles. The van der Waals surface area contributed by atoms with Gasteiger partial charge in [0.1, 0.15) is 6.29 Å². The summed E-state index contributed by atoms with van der Waals surface area (Å²) in [6.45, 7) is -0.370. The van der Waals surface area contributed by atoms with Crippen LogP contribution in [0.5, 0.6) is 0 Å². The van der Waals surface area contributed by atoms with Gasteiger partial charge < -0.3 is 4.79 Å². The van der Waals surface area contributed by atoms with E-state index < -0.39 is 17.1 Å². The Morgan fingerprint density at radius 1 is 1.17 bits per heavy atom. The van der Waals surface area contributed by atoms with Gasteiger partial charge >= 0.3 is 17.1 Å². The van der Waals surface area contributed by atoms with Gasteiger partial charge in [0.25, 0.3) is 0 Å². The molecule has 64 valence electrons. The highest BCUT2D eigenvalue weighted by Crippen LogP contribution is 1.58.